The number of sulfonamides is 1. The second-order valence-corrected chi connectivity index (χ2v) is 10.1. The second kappa shape index (κ2) is 10.0. The van der Waals surface area contributed by atoms with Crippen LogP contribution in [-0.4, -0.2) is 48.9 Å². The Morgan fingerprint density at radius 2 is 1.85 bits per heavy atom. The van der Waals surface area contributed by atoms with Gasteiger partial charge in [0.25, 0.3) is 0 Å². The molecular weight excluding hydrogens is 449 g/mol. The number of halogens is 1. The van der Waals surface area contributed by atoms with Crippen molar-refractivity contribution in [1.82, 2.24) is 14.2 Å². The van der Waals surface area contributed by atoms with Crippen molar-refractivity contribution in [2.75, 3.05) is 19.7 Å². The van der Waals surface area contributed by atoms with Crippen molar-refractivity contribution < 1.29 is 27.1 Å². The number of carbonyl (C=O) groups excluding carboxylic acids is 2. The van der Waals surface area contributed by atoms with Gasteiger partial charge >= 0.3 is 5.97 Å². The highest BCUT2D eigenvalue weighted by Crippen LogP contribution is 2.32. The third-order valence-electron chi connectivity index (χ3n) is 6.14. The molecule has 1 atom stereocenters. The molecule has 0 aliphatic carbocycles. The zero-order chi connectivity index (χ0) is 24.3. The number of nitrogens with one attached hydrogen (secondary N) is 1. The first-order valence-electron chi connectivity index (χ1n) is 10.9. The summed E-state index contributed by atoms with van der Waals surface area (Å²) in [4.78, 5) is 25.3. The van der Waals surface area contributed by atoms with Gasteiger partial charge in [0.2, 0.25) is 15.9 Å². The van der Waals surface area contributed by atoms with Gasteiger partial charge in [-0.25, -0.2) is 17.6 Å². The summed E-state index contributed by atoms with van der Waals surface area (Å²) in [6, 6.07) is 5.82. The van der Waals surface area contributed by atoms with Gasteiger partial charge in [0.1, 0.15) is 16.3 Å². The predicted octanol–water partition coefficient (Wildman–Crippen LogP) is 2.67. The zero-order valence-corrected chi connectivity index (χ0v) is 20.2. The Kier molecular flexibility index (Phi) is 7.58. The molecule has 0 radical (unpaired) electrons. The Hall–Kier alpha value is -2.72. The maximum absolute atomic E-state index is 13.6. The molecule has 1 amide bonds. The van der Waals surface area contributed by atoms with E-state index in [1.165, 1.54) is 16.4 Å². The maximum atomic E-state index is 13.6. The SMILES string of the molecule is CCOC(=O)c1c(S(=O)(=O)N2CCCC(C(=O)NCc3ccc(F)cc3)C2)c(C)n(C)c1C. The number of carbonyl (C=O) groups is 2. The number of aromatic nitrogens is 1. The van der Waals surface area contributed by atoms with Gasteiger partial charge in [-0.1, -0.05) is 12.1 Å². The average molecular weight is 480 g/mol. The smallest absolute Gasteiger partial charge is 0.341 e. The molecule has 1 aromatic heterocycles. The van der Waals surface area contributed by atoms with Crippen LogP contribution in [0.3, 0.4) is 0 Å². The van der Waals surface area contributed by atoms with Crippen LogP contribution < -0.4 is 5.32 Å². The fraction of sp³-hybridized carbons (Fsp3) is 0.478. The Morgan fingerprint density at radius 3 is 2.48 bits per heavy atom. The Labute approximate surface area is 193 Å². The number of benzene rings is 1. The lowest BCUT2D eigenvalue weighted by Crippen LogP contribution is -2.45. The third kappa shape index (κ3) is 5.11. The summed E-state index contributed by atoms with van der Waals surface area (Å²) in [5.41, 5.74) is 1.74. The highest BCUT2D eigenvalue weighted by atomic mass is 32.2. The van der Waals surface area contributed by atoms with Gasteiger partial charge in [0.15, 0.2) is 0 Å². The van der Waals surface area contributed by atoms with Crippen LogP contribution in [0.4, 0.5) is 4.39 Å². The van der Waals surface area contributed by atoms with Crippen molar-refractivity contribution in [3.63, 3.8) is 0 Å². The summed E-state index contributed by atoms with van der Waals surface area (Å²) in [5.74, 6) is -1.81. The highest BCUT2D eigenvalue weighted by Gasteiger charge is 2.38. The van der Waals surface area contributed by atoms with Crippen molar-refractivity contribution >= 4 is 21.9 Å². The molecule has 0 saturated carbocycles. The van der Waals surface area contributed by atoms with Crippen LogP contribution >= 0.6 is 0 Å². The minimum absolute atomic E-state index is 0.0211. The van der Waals surface area contributed by atoms with Crippen molar-refractivity contribution in [3.8, 4) is 0 Å². The molecule has 8 nitrogen and oxygen atoms in total. The number of piperidine rings is 1. The van der Waals surface area contributed by atoms with E-state index in [1.807, 2.05) is 0 Å². The summed E-state index contributed by atoms with van der Waals surface area (Å²) in [5, 5.41) is 2.81. The molecular formula is C23H30FN3O5S. The molecule has 3 rings (SSSR count). The van der Waals surface area contributed by atoms with Gasteiger partial charge < -0.3 is 14.6 Å². The molecule has 1 N–H and O–H groups in total. The van der Waals surface area contributed by atoms with E-state index in [2.05, 4.69) is 5.32 Å². The van der Waals surface area contributed by atoms with Crippen LogP contribution in [0.5, 0.6) is 0 Å². The van der Waals surface area contributed by atoms with Gasteiger partial charge in [-0.3, -0.25) is 4.79 Å². The average Bonchev–Trinajstić information content (AvgIpc) is 3.03. The zero-order valence-electron chi connectivity index (χ0n) is 19.4. The van der Waals surface area contributed by atoms with Crippen LogP contribution in [0.1, 0.15) is 47.1 Å². The summed E-state index contributed by atoms with van der Waals surface area (Å²) in [6.45, 7) is 5.64. The lowest BCUT2D eigenvalue weighted by Gasteiger charge is -2.31. The van der Waals surface area contributed by atoms with Crippen LogP contribution in [0, 0.1) is 25.6 Å². The van der Waals surface area contributed by atoms with E-state index in [0.717, 1.165) is 5.56 Å². The van der Waals surface area contributed by atoms with Crippen LogP contribution in [-0.2, 0) is 33.1 Å². The number of amides is 1. The second-order valence-electron chi connectivity index (χ2n) is 8.20. The molecule has 180 valence electrons. The summed E-state index contributed by atoms with van der Waals surface area (Å²) in [7, 11) is -2.33. The molecule has 1 aliphatic heterocycles. The Bertz CT molecular complexity index is 1140. The van der Waals surface area contributed by atoms with Gasteiger partial charge in [0.05, 0.1) is 12.5 Å². The van der Waals surface area contributed by atoms with E-state index in [1.54, 1.807) is 44.5 Å². The fourth-order valence-corrected chi connectivity index (χ4v) is 6.12. The van der Waals surface area contributed by atoms with Crippen molar-refractivity contribution in [2.24, 2.45) is 13.0 Å². The van der Waals surface area contributed by atoms with Gasteiger partial charge in [-0.15, -0.1) is 0 Å². The number of ether oxygens (including phenoxy) is 1. The van der Waals surface area contributed by atoms with Crippen LogP contribution in [0.25, 0.3) is 0 Å². The van der Waals surface area contributed by atoms with Crippen molar-refractivity contribution in [3.05, 3.63) is 52.6 Å². The van der Waals surface area contributed by atoms with E-state index in [0.29, 0.717) is 24.2 Å². The molecule has 1 fully saturated rings. The van der Waals surface area contributed by atoms with E-state index >= 15 is 0 Å². The van der Waals surface area contributed by atoms with Gasteiger partial charge in [-0.05, 0) is 51.3 Å². The van der Waals surface area contributed by atoms with E-state index in [4.69, 9.17) is 4.74 Å². The lowest BCUT2D eigenvalue weighted by atomic mass is 9.99. The topological polar surface area (TPSA) is 97.7 Å². The number of esters is 1. The standard InChI is InChI=1S/C23H30FN3O5S/c1-5-32-23(29)20-15(2)26(4)16(3)21(20)33(30,31)27-12-6-7-18(14-27)22(28)25-13-17-8-10-19(24)11-9-17/h8-11,18H,5-7,12-14H2,1-4H3,(H,25,28). The quantitative estimate of drug-likeness (QED) is 0.616. The molecule has 1 aliphatic rings. The normalized spacial score (nSPS) is 17.1. The van der Waals surface area contributed by atoms with Crippen LogP contribution in [0.2, 0.25) is 0 Å². The Morgan fingerprint density at radius 1 is 1.18 bits per heavy atom. The number of rotatable bonds is 7. The number of nitrogens with zero attached hydrogens (tertiary/aromatic N) is 2. The predicted molar refractivity (Wildman–Crippen MR) is 121 cm³/mol. The molecule has 10 heteroatoms. The first-order chi connectivity index (χ1) is 15.6. The van der Waals surface area contributed by atoms with Gasteiger partial charge in [0, 0.05) is 38.1 Å². The van der Waals surface area contributed by atoms with Crippen molar-refractivity contribution in [1.29, 1.82) is 0 Å². The highest BCUT2D eigenvalue weighted by molar-refractivity contribution is 7.89. The van der Waals surface area contributed by atoms with E-state index in [9.17, 15) is 22.4 Å². The molecule has 1 unspecified atom stereocenters. The molecule has 1 aromatic carbocycles. The summed E-state index contributed by atoms with van der Waals surface area (Å²) < 4.78 is 48.4. The maximum Gasteiger partial charge on any atom is 0.341 e. The van der Waals surface area contributed by atoms with Gasteiger partial charge in [-0.2, -0.15) is 4.31 Å². The largest absolute Gasteiger partial charge is 0.462 e. The van der Waals surface area contributed by atoms with Crippen molar-refractivity contribution in [2.45, 2.75) is 45.1 Å². The Balaban J connectivity index is 1.80. The first kappa shape index (κ1) is 24.9. The number of hydrogen-bond donors (Lipinski definition) is 1. The molecule has 0 bridgehead atoms. The number of hydrogen-bond acceptors (Lipinski definition) is 5. The summed E-state index contributed by atoms with van der Waals surface area (Å²) >= 11 is 0. The minimum atomic E-state index is -4.04. The summed E-state index contributed by atoms with van der Waals surface area (Å²) in [6.07, 6.45) is 1.08. The molecule has 2 heterocycles. The molecule has 0 spiro atoms. The van der Waals surface area contributed by atoms with E-state index < -0.39 is 21.9 Å². The molecule has 1 saturated heterocycles. The monoisotopic (exact) mass is 479 g/mol. The molecule has 33 heavy (non-hydrogen) atoms. The first-order valence-corrected chi connectivity index (χ1v) is 12.4. The lowest BCUT2D eigenvalue weighted by molar-refractivity contribution is -0.126. The molecule has 2 aromatic rings. The minimum Gasteiger partial charge on any atom is -0.462 e. The van der Waals surface area contributed by atoms with Crippen LogP contribution in [0.15, 0.2) is 29.2 Å². The third-order valence-corrected chi connectivity index (χ3v) is 8.16. The fourth-order valence-electron chi connectivity index (χ4n) is 4.12. The van der Waals surface area contributed by atoms with E-state index in [-0.39, 0.29) is 48.4 Å².